The number of hydrogen-bond acceptors (Lipinski definition) is 6. The first-order valence-electron chi connectivity index (χ1n) is 8.56. The topological polar surface area (TPSA) is 96.7 Å². The summed E-state index contributed by atoms with van der Waals surface area (Å²) < 4.78 is 10.6. The number of nitriles is 1. The molecule has 0 aliphatic carbocycles. The Morgan fingerprint density at radius 2 is 1.82 bits per heavy atom. The number of likely N-dealkylation sites (tertiary alicyclic amines) is 1. The van der Waals surface area contributed by atoms with Crippen LogP contribution in [0.4, 0.5) is 0 Å². The minimum Gasteiger partial charge on any atom is -0.497 e. The summed E-state index contributed by atoms with van der Waals surface area (Å²) in [5.74, 6) is -2.52. The van der Waals surface area contributed by atoms with E-state index in [1.54, 1.807) is 48.5 Å². The van der Waals surface area contributed by atoms with Crippen LogP contribution in [0.5, 0.6) is 11.5 Å². The first-order chi connectivity index (χ1) is 13.5. The van der Waals surface area contributed by atoms with Gasteiger partial charge in [-0.15, -0.1) is 0 Å². The predicted molar refractivity (Wildman–Crippen MR) is 98.9 cm³/mol. The summed E-state index contributed by atoms with van der Waals surface area (Å²) in [6.45, 7) is -0.316. The van der Waals surface area contributed by atoms with E-state index >= 15 is 0 Å². The first-order valence-corrected chi connectivity index (χ1v) is 8.56. The highest BCUT2D eigenvalue weighted by atomic mass is 16.5. The van der Waals surface area contributed by atoms with Gasteiger partial charge in [0.05, 0.1) is 26.3 Å². The maximum Gasteiger partial charge on any atom is 0.292 e. The van der Waals surface area contributed by atoms with Crippen LogP contribution in [0.15, 0.2) is 48.5 Å². The number of ether oxygens (including phenoxy) is 2. The number of hydrogen-bond donors (Lipinski definition) is 0. The summed E-state index contributed by atoms with van der Waals surface area (Å²) in [7, 11) is 2.94. The van der Waals surface area contributed by atoms with Crippen molar-refractivity contribution < 1.29 is 23.9 Å². The largest absolute Gasteiger partial charge is 0.497 e. The summed E-state index contributed by atoms with van der Waals surface area (Å²) in [5.41, 5.74) is 0.789. The molecule has 0 radical (unpaired) electrons. The molecule has 1 fully saturated rings. The monoisotopic (exact) mass is 378 g/mol. The van der Waals surface area contributed by atoms with Gasteiger partial charge in [-0.2, -0.15) is 5.26 Å². The molecule has 1 saturated heterocycles. The van der Waals surface area contributed by atoms with Crippen molar-refractivity contribution in [1.82, 2.24) is 4.90 Å². The minimum absolute atomic E-state index is 0.316. The fourth-order valence-electron chi connectivity index (χ4n) is 3.43. The van der Waals surface area contributed by atoms with Crippen LogP contribution >= 0.6 is 0 Å². The second-order valence-corrected chi connectivity index (χ2v) is 6.22. The fraction of sp³-hybridized carbons (Fsp3) is 0.238. The molecule has 0 saturated carbocycles. The molecule has 0 aromatic heterocycles. The van der Waals surface area contributed by atoms with E-state index in [2.05, 4.69) is 0 Å². The molecule has 1 aliphatic heterocycles. The van der Waals surface area contributed by atoms with Gasteiger partial charge in [0, 0.05) is 17.2 Å². The summed E-state index contributed by atoms with van der Waals surface area (Å²) >= 11 is 0. The Labute approximate surface area is 162 Å². The lowest BCUT2D eigenvalue weighted by Gasteiger charge is -2.26. The summed E-state index contributed by atoms with van der Waals surface area (Å²) in [6.07, 6.45) is 0. The van der Waals surface area contributed by atoms with Crippen molar-refractivity contribution in [3.8, 4) is 17.6 Å². The van der Waals surface area contributed by atoms with Crippen molar-refractivity contribution in [3.05, 3.63) is 59.7 Å². The second kappa shape index (κ2) is 7.92. The number of rotatable bonds is 6. The highest BCUT2D eigenvalue weighted by Crippen LogP contribution is 2.42. The SMILES string of the molecule is COc1ccc(C2C(C(=O)c3ccccc3)C(=O)C(=O)N2CC#N)c(OC)c1. The van der Waals surface area contributed by atoms with E-state index < -0.39 is 29.4 Å². The Morgan fingerprint density at radius 1 is 1.11 bits per heavy atom. The summed E-state index contributed by atoms with van der Waals surface area (Å²) in [6, 6.07) is 14.2. The zero-order valence-corrected chi connectivity index (χ0v) is 15.4. The van der Waals surface area contributed by atoms with Crippen LogP contribution < -0.4 is 9.47 Å². The molecule has 0 bridgehead atoms. The third kappa shape index (κ3) is 3.21. The van der Waals surface area contributed by atoms with Gasteiger partial charge in [0.25, 0.3) is 5.91 Å². The van der Waals surface area contributed by atoms with E-state index in [1.165, 1.54) is 14.2 Å². The molecular weight excluding hydrogens is 360 g/mol. The quantitative estimate of drug-likeness (QED) is 0.331. The lowest BCUT2D eigenvalue weighted by atomic mass is 9.86. The molecule has 1 amide bonds. The Balaban J connectivity index is 2.15. The Hall–Kier alpha value is -3.66. The fourth-order valence-corrected chi connectivity index (χ4v) is 3.43. The van der Waals surface area contributed by atoms with Crippen LogP contribution in [0.2, 0.25) is 0 Å². The molecule has 2 unspecified atom stereocenters. The van der Waals surface area contributed by atoms with Gasteiger partial charge in [-0.1, -0.05) is 30.3 Å². The number of amides is 1. The van der Waals surface area contributed by atoms with Gasteiger partial charge in [-0.05, 0) is 12.1 Å². The Morgan fingerprint density at radius 3 is 2.43 bits per heavy atom. The molecule has 28 heavy (non-hydrogen) atoms. The molecular formula is C21H18N2O5. The van der Waals surface area contributed by atoms with Crippen molar-refractivity contribution in [2.45, 2.75) is 6.04 Å². The molecule has 2 aromatic rings. The number of nitrogens with zero attached hydrogens (tertiary/aromatic N) is 2. The van der Waals surface area contributed by atoms with Gasteiger partial charge >= 0.3 is 0 Å². The number of carbonyl (C=O) groups is 3. The van der Waals surface area contributed by atoms with Gasteiger partial charge in [0.2, 0.25) is 5.78 Å². The number of ketones is 2. The molecule has 7 nitrogen and oxygen atoms in total. The highest BCUT2D eigenvalue weighted by Gasteiger charge is 2.52. The smallest absolute Gasteiger partial charge is 0.292 e. The molecule has 7 heteroatoms. The maximum absolute atomic E-state index is 13.1. The second-order valence-electron chi connectivity index (χ2n) is 6.22. The predicted octanol–water partition coefficient (Wildman–Crippen LogP) is 2.18. The lowest BCUT2D eigenvalue weighted by molar-refractivity contribution is -0.140. The molecule has 3 rings (SSSR count). The Bertz CT molecular complexity index is 965. The van der Waals surface area contributed by atoms with Gasteiger partial charge in [0.15, 0.2) is 5.78 Å². The normalized spacial score (nSPS) is 18.7. The molecule has 0 spiro atoms. The molecule has 142 valence electrons. The first kappa shape index (κ1) is 19.1. The van der Waals surface area contributed by atoms with Crippen LogP contribution in [0.1, 0.15) is 22.0 Å². The van der Waals surface area contributed by atoms with E-state index in [4.69, 9.17) is 14.7 Å². The zero-order valence-electron chi connectivity index (χ0n) is 15.4. The van der Waals surface area contributed by atoms with Crippen molar-refractivity contribution in [2.24, 2.45) is 5.92 Å². The standard InChI is InChI=1S/C21H18N2O5/c1-27-14-8-9-15(16(12-14)28-2)18-17(19(24)13-6-4-3-5-7-13)20(25)21(26)23(18)11-10-22/h3-9,12,17-18H,11H2,1-2H3. The van der Waals surface area contributed by atoms with E-state index in [1.807, 2.05) is 6.07 Å². The van der Waals surface area contributed by atoms with E-state index in [0.717, 1.165) is 4.90 Å². The average Bonchev–Trinajstić information content (AvgIpc) is 2.98. The molecule has 0 N–H and O–H groups in total. The van der Waals surface area contributed by atoms with Crippen molar-refractivity contribution in [3.63, 3.8) is 0 Å². The molecule has 1 heterocycles. The van der Waals surface area contributed by atoms with Crippen LogP contribution in [-0.4, -0.2) is 43.1 Å². The number of Topliss-reactive ketones (excluding diaryl/α,β-unsaturated/α-hetero) is 2. The number of benzene rings is 2. The van der Waals surface area contributed by atoms with Crippen LogP contribution in [0.25, 0.3) is 0 Å². The minimum atomic E-state index is -1.26. The van der Waals surface area contributed by atoms with Crippen molar-refractivity contribution >= 4 is 17.5 Å². The van der Waals surface area contributed by atoms with Crippen LogP contribution in [-0.2, 0) is 9.59 Å². The van der Waals surface area contributed by atoms with Crippen molar-refractivity contribution in [1.29, 1.82) is 5.26 Å². The third-order valence-corrected chi connectivity index (χ3v) is 4.75. The van der Waals surface area contributed by atoms with Gasteiger partial charge < -0.3 is 14.4 Å². The third-order valence-electron chi connectivity index (χ3n) is 4.75. The molecule has 2 atom stereocenters. The van der Waals surface area contributed by atoms with Gasteiger partial charge in [-0.25, -0.2) is 0 Å². The highest BCUT2D eigenvalue weighted by molar-refractivity contribution is 6.44. The van der Waals surface area contributed by atoms with Crippen LogP contribution in [0, 0.1) is 17.2 Å². The summed E-state index contributed by atoms with van der Waals surface area (Å²) in [4.78, 5) is 39.5. The van der Waals surface area contributed by atoms with E-state index in [-0.39, 0.29) is 6.54 Å². The zero-order chi connectivity index (χ0) is 20.3. The van der Waals surface area contributed by atoms with E-state index in [9.17, 15) is 14.4 Å². The maximum atomic E-state index is 13.1. The molecule has 1 aliphatic rings. The van der Waals surface area contributed by atoms with Gasteiger partial charge in [0.1, 0.15) is 24.0 Å². The Kier molecular flexibility index (Phi) is 5.41. The van der Waals surface area contributed by atoms with Gasteiger partial charge in [-0.3, -0.25) is 14.4 Å². The molecule has 2 aromatic carbocycles. The number of methoxy groups -OCH3 is 2. The van der Waals surface area contributed by atoms with Crippen LogP contribution in [0.3, 0.4) is 0 Å². The van der Waals surface area contributed by atoms with Crippen molar-refractivity contribution in [2.75, 3.05) is 20.8 Å². The van der Waals surface area contributed by atoms with E-state index in [0.29, 0.717) is 22.6 Å². The lowest BCUT2D eigenvalue weighted by Crippen LogP contribution is -2.31. The summed E-state index contributed by atoms with van der Waals surface area (Å²) in [5, 5.41) is 9.15. The average molecular weight is 378 g/mol. The number of carbonyl (C=O) groups excluding carboxylic acids is 3.